The highest BCUT2D eigenvalue weighted by Gasteiger charge is 2.04. The molecule has 0 saturated heterocycles. The van der Waals surface area contributed by atoms with Gasteiger partial charge in [-0.15, -0.1) is 0 Å². The van der Waals surface area contributed by atoms with Crippen molar-refractivity contribution in [3.8, 4) is 0 Å². The van der Waals surface area contributed by atoms with Gasteiger partial charge >= 0.3 is 0 Å². The largest absolute Gasteiger partial charge is 0.333 e. The summed E-state index contributed by atoms with van der Waals surface area (Å²) >= 11 is 0. The van der Waals surface area contributed by atoms with Gasteiger partial charge < -0.3 is 9.88 Å². The number of hydrogen-bond donors (Lipinski definition) is 1. The van der Waals surface area contributed by atoms with Crippen LogP contribution in [0.4, 0.5) is 0 Å². The number of aromatic nitrogens is 2. The molecule has 3 heteroatoms. The van der Waals surface area contributed by atoms with Crippen molar-refractivity contribution in [2.45, 2.75) is 26.3 Å². The van der Waals surface area contributed by atoms with E-state index < -0.39 is 0 Å². The molecule has 1 heterocycles. The Bertz CT molecular complexity index is 445. The van der Waals surface area contributed by atoms with E-state index >= 15 is 0 Å². The monoisotopic (exact) mass is 243 g/mol. The summed E-state index contributed by atoms with van der Waals surface area (Å²) in [5, 5.41) is 3.39. The van der Waals surface area contributed by atoms with Gasteiger partial charge in [0.2, 0.25) is 0 Å². The predicted molar refractivity (Wildman–Crippen MR) is 74.7 cm³/mol. The van der Waals surface area contributed by atoms with Crippen LogP contribution in [0.5, 0.6) is 0 Å². The highest BCUT2D eigenvalue weighted by molar-refractivity contribution is 5.25. The minimum absolute atomic E-state index is 0.562. The van der Waals surface area contributed by atoms with Crippen LogP contribution in [0.25, 0.3) is 0 Å². The Labute approximate surface area is 109 Å². The minimum Gasteiger partial charge on any atom is -0.333 e. The minimum atomic E-state index is 0.562. The van der Waals surface area contributed by atoms with Crippen LogP contribution >= 0.6 is 0 Å². The topological polar surface area (TPSA) is 29.9 Å². The van der Waals surface area contributed by atoms with E-state index in [2.05, 4.69) is 53.0 Å². The Kier molecular flexibility index (Phi) is 4.53. The number of nitrogens with one attached hydrogen (secondary N) is 1. The second-order valence-corrected chi connectivity index (χ2v) is 4.69. The van der Waals surface area contributed by atoms with Gasteiger partial charge in [0.15, 0.2) is 0 Å². The van der Waals surface area contributed by atoms with Gasteiger partial charge in [0.05, 0.1) is 6.33 Å². The fraction of sp³-hybridized carbons (Fsp3) is 0.400. The molecule has 0 bridgehead atoms. The van der Waals surface area contributed by atoms with Crippen molar-refractivity contribution in [1.82, 2.24) is 14.9 Å². The van der Waals surface area contributed by atoms with Gasteiger partial charge in [-0.1, -0.05) is 38.1 Å². The van der Waals surface area contributed by atoms with Crippen molar-refractivity contribution in [3.05, 3.63) is 54.1 Å². The second-order valence-electron chi connectivity index (χ2n) is 4.69. The van der Waals surface area contributed by atoms with Crippen molar-refractivity contribution < 1.29 is 0 Å². The van der Waals surface area contributed by atoms with Crippen molar-refractivity contribution in [2.75, 3.05) is 13.1 Å². The molecule has 1 aromatic carbocycles. The number of hydrogen-bond acceptors (Lipinski definition) is 2. The molecule has 1 atom stereocenters. The summed E-state index contributed by atoms with van der Waals surface area (Å²) in [4.78, 5) is 4.05. The van der Waals surface area contributed by atoms with E-state index in [0.717, 1.165) is 19.6 Å². The average molecular weight is 243 g/mol. The SMILES string of the molecule is CCNCC(C)c1ccc(Cn2ccnc2)cc1. The molecule has 0 fully saturated rings. The van der Waals surface area contributed by atoms with Crippen LogP contribution in [-0.2, 0) is 6.54 Å². The fourth-order valence-electron chi connectivity index (χ4n) is 2.02. The molecule has 0 spiro atoms. The van der Waals surface area contributed by atoms with Crippen molar-refractivity contribution in [2.24, 2.45) is 0 Å². The van der Waals surface area contributed by atoms with Crippen LogP contribution in [0.3, 0.4) is 0 Å². The summed E-state index contributed by atoms with van der Waals surface area (Å²) in [6.07, 6.45) is 5.65. The zero-order valence-corrected chi connectivity index (χ0v) is 11.1. The zero-order valence-electron chi connectivity index (χ0n) is 11.1. The van der Waals surface area contributed by atoms with Crippen molar-refractivity contribution in [3.63, 3.8) is 0 Å². The first kappa shape index (κ1) is 12.8. The van der Waals surface area contributed by atoms with Crippen molar-refractivity contribution in [1.29, 1.82) is 0 Å². The number of benzene rings is 1. The van der Waals surface area contributed by atoms with Gasteiger partial charge in [0.25, 0.3) is 0 Å². The smallest absolute Gasteiger partial charge is 0.0949 e. The zero-order chi connectivity index (χ0) is 12.8. The molecule has 18 heavy (non-hydrogen) atoms. The predicted octanol–water partition coefficient (Wildman–Crippen LogP) is 2.64. The average Bonchev–Trinajstić information content (AvgIpc) is 2.89. The lowest BCUT2D eigenvalue weighted by atomic mass is 10.00. The van der Waals surface area contributed by atoms with Crippen LogP contribution in [0, 0.1) is 0 Å². The van der Waals surface area contributed by atoms with E-state index in [1.807, 2.05) is 18.7 Å². The van der Waals surface area contributed by atoms with E-state index in [1.165, 1.54) is 11.1 Å². The maximum absolute atomic E-state index is 4.05. The third-order valence-corrected chi connectivity index (χ3v) is 3.17. The fourth-order valence-corrected chi connectivity index (χ4v) is 2.02. The Morgan fingerprint density at radius 3 is 2.67 bits per heavy atom. The third kappa shape index (κ3) is 3.44. The Morgan fingerprint density at radius 1 is 1.28 bits per heavy atom. The van der Waals surface area contributed by atoms with E-state index in [1.54, 1.807) is 0 Å². The molecule has 2 aromatic rings. The molecule has 0 radical (unpaired) electrons. The van der Waals surface area contributed by atoms with Crippen LogP contribution in [0.2, 0.25) is 0 Å². The molecule has 1 aromatic heterocycles. The summed E-state index contributed by atoms with van der Waals surface area (Å²) in [5.41, 5.74) is 2.71. The van der Waals surface area contributed by atoms with E-state index in [4.69, 9.17) is 0 Å². The summed E-state index contributed by atoms with van der Waals surface area (Å²) in [5.74, 6) is 0.562. The number of imidazole rings is 1. The maximum Gasteiger partial charge on any atom is 0.0949 e. The molecule has 3 nitrogen and oxygen atoms in total. The summed E-state index contributed by atoms with van der Waals surface area (Å²) < 4.78 is 2.08. The van der Waals surface area contributed by atoms with Gasteiger partial charge in [-0.05, 0) is 23.6 Å². The van der Waals surface area contributed by atoms with Crippen LogP contribution in [-0.4, -0.2) is 22.6 Å². The Hall–Kier alpha value is -1.61. The Morgan fingerprint density at radius 2 is 2.06 bits per heavy atom. The standard InChI is InChI=1S/C15H21N3/c1-3-16-10-13(2)15-6-4-14(5-7-15)11-18-9-8-17-12-18/h4-9,12-13,16H,3,10-11H2,1-2H3. The van der Waals surface area contributed by atoms with Gasteiger partial charge in [-0.25, -0.2) is 4.98 Å². The molecule has 96 valence electrons. The van der Waals surface area contributed by atoms with E-state index in [9.17, 15) is 0 Å². The molecule has 1 N–H and O–H groups in total. The molecule has 2 rings (SSSR count). The van der Waals surface area contributed by atoms with Gasteiger partial charge in [0, 0.05) is 25.5 Å². The highest BCUT2D eigenvalue weighted by atomic mass is 15.0. The first-order valence-electron chi connectivity index (χ1n) is 6.55. The van der Waals surface area contributed by atoms with Crippen LogP contribution in [0.1, 0.15) is 30.9 Å². The lowest BCUT2D eigenvalue weighted by molar-refractivity contribution is 0.634. The molecular formula is C15H21N3. The molecule has 0 aliphatic rings. The lowest BCUT2D eigenvalue weighted by Crippen LogP contribution is -2.19. The first-order chi connectivity index (χ1) is 8.79. The molecule has 0 aliphatic carbocycles. The number of rotatable bonds is 6. The number of likely N-dealkylation sites (N-methyl/N-ethyl adjacent to an activating group) is 1. The summed E-state index contributed by atoms with van der Waals surface area (Å²) in [7, 11) is 0. The number of nitrogens with zero attached hydrogens (tertiary/aromatic N) is 2. The molecule has 0 amide bonds. The van der Waals surface area contributed by atoms with E-state index in [-0.39, 0.29) is 0 Å². The maximum atomic E-state index is 4.05. The molecule has 0 saturated carbocycles. The van der Waals surface area contributed by atoms with Gasteiger partial charge in [-0.2, -0.15) is 0 Å². The Balaban J connectivity index is 1.96. The van der Waals surface area contributed by atoms with E-state index in [0.29, 0.717) is 5.92 Å². The summed E-state index contributed by atoms with van der Waals surface area (Å²) in [6, 6.07) is 8.87. The highest BCUT2D eigenvalue weighted by Crippen LogP contribution is 2.15. The van der Waals surface area contributed by atoms with Crippen LogP contribution < -0.4 is 5.32 Å². The van der Waals surface area contributed by atoms with Gasteiger partial charge in [-0.3, -0.25) is 0 Å². The molecule has 0 aliphatic heterocycles. The summed E-state index contributed by atoms with van der Waals surface area (Å²) in [6.45, 7) is 7.36. The lowest BCUT2D eigenvalue weighted by Gasteiger charge is -2.13. The molecule has 1 unspecified atom stereocenters. The van der Waals surface area contributed by atoms with Crippen molar-refractivity contribution >= 4 is 0 Å². The molecular weight excluding hydrogens is 222 g/mol. The van der Waals surface area contributed by atoms with Gasteiger partial charge in [0.1, 0.15) is 0 Å². The first-order valence-corrected chi connectivity index (χ1v) is 6.55. The normalized spacial score (nSPS) is 12.6. The quantitative estimate of drug-likeness (QED) is 0.845. The third-order valence-electron chi connectivity index (χ3n) is 3.17. The van der Waals surface area contributed by atoms with Crippen LogP contribution in [0.15, 0.2) is 43.0 Å². The second kappa shape index (κ2) is 6.36.